The largest absolute Gasteiger partial charge is 0.437 e. The molecule has 1 N–H and O–H groups in total. The number of nitro groups is 1. The molecular formula is C13H12FN3O4S. The maximum absolute atomic E-state index is 13.5. The molecule has 0 radical (unpaired) electrons. The first-order valence-electron chi connectivity index (χ1n) is 6.17. The minimum atomic E-state index is -0.744. The second kappa shape index (κ2) is 6.56. The zero-order valence-corrected chi connectivity index (χ0v) is 12.6. The van der Waals surface area contributed by atoms with Crippen LogP contribution < -0.4 is 5.32 Å². The van der Waals surface area contributed by atoms with E-state index < -0.39 is 16.6 Å². The SMILES string of the molecule is Cc1nc(SCC(=O)Nc2cc([N+](=O)[O-])ccc2F)oc1C. The lowest BCUT2D eigenvalue weighted by molar-refractivity contribution is -0.384. The van der Waals surface area contributed by atoms with Crippen LogP contribution in [0, 0.1) is 29.8 Å². The molecule has 0 saturated heterocycles. The summed E-state index contributed by atoms with van der Waals surface area (Å²) in [5.74, 6) is -0.654. The number of carbonyl (C=O) groups is 1. The molecule has 116 valence electrons. The summed E-state index contributed by atoms with van der Waals surface area (Å²) in [7, 11) is 0. The number of thioether (sulfide) groups is 1. The molecule has 22 heavy (non-hydrogen) atoms. The number of amides is 1. The monoisotopic (exact) mass is 325 g/mol. The molecule has 0 saturated carbocycles. The number of rotatable bonds is 5. The Hall–Kier alpha value is -2.42. The van der Waals surface area contributed by atoms with Crippen molar-refractivity contribution in [3.8, 4) is 0 Å². The fourth-order valence-corrected chi connectivity index (χ4v) is 2.25. The van der Waals surface area contributed by atoms with Crippen molar-refractivity contribution in [2.24, 2.45) is 0 Å². The van der Waals surface area contributed by atoms with Crippen molar-refractivity contribution < 1.29 is 18.5 Å². The van der Waals surface area contributed by atoms with Crippen LogP contribution in [0.5, 0.6) is 0 Å². The van der Waals surface area contributed by atoms with Gasteiger partial charge in [-0.1, -0.05) is 11.8 Å². The summed E-state index contributed by atoms with van der Waals surface area (Å²) in [6.45, 7) is 3.53. The zero-order valence-electron chi connectivity index (χ0n) is 11.8. The molecule has 0 spiro atoms. The molecule has 0 aliphatic carbocycles. The molecule has 0 bridgehead atoms. The normalized spacial score (nSPS) is 10.5. The van der Waals surface area contributed by atoms with Crippen LogP contribution in [0.2, 0.25) is 0 Å². The van der Waals surface area contributed by atoms with Crippen LogP contribution >= 0.6 is 11.8 Å². The summed E-state index contributed by atoms with van der Waals surface area (Å²) in [4.78, 5) is 25.8. The highest BCUT2D eigenvalue weighted by molar-refractivity contribution is 7.99. The third kappa shape index (κ3) is 3.82. The van der Waals surface area contributed by atoms with Crippen LogP contribution in [0.25, 0.3) is 0 Å². The van der Waals surface area contributed by atoms with Crippen LogP contribution in [0.1, 0.15) is 11.5 Å². The maximum atomic E-state index is 13.5. The Morgan fingerprint density at radius 3 is 2.82 bits per heavy atom. The summed E-state index contributed by atoms with van der Waals surface area (Å²) >= 11 is 1.05. The Morgan fingerprint density at radius 1 is 1.50 bits per heavy atom. The van der Waals surface area contributed by atoms with E-state index in [-0.39, 0.29) is 17.1 Å². The molecule has 0 aliphatic heterocycles. The van der Waals surface area contributed by atoms with Crippen LogP contribution in [0.15, 0.2) is 27.8 Å². The number of halogens is 1. The summed E-state index contributed by atoms with van der Waals surface area (Å²) < 4.78 is 18.8. The lowest BCUT2D eigenvalue weighted by atomic mass is 10.2. The van der Waals surface area contributed by atoms with E-state index in [2.05, 4.69) is 10.3 Å². The van der Waals surface area contributed by atoms with E-state index in [0.29, 0.717) is 11.0 Å². The molecule has 1 heterocycles. The highest BCUT2D eigenvalue weighted by Crippen LogP contribution is 2.23. The molecule has 2 rings (SSSR count). The van der Waals surface area contributed by atoms with Gasteiger partial charge in [0.15, 0.2) is 0 Å². The second-order valence-corrected chi connectivity index (χ2v) is 5.31. The van der Waals surface area contributed by atoms with Gasteiger partial charge in [0.2, 0.25) is 5.91 Å². The van der Waals surface area contributed by atoms with Crippen molar-refractivity contribution >= 4 is 29.0 Å². The second-order valence-electron chi connectivity index (χ2n) is 4.38. The molecule has 2 aromatic rings. The van der Waals surface area contributed by atoms with Crippen molar-refractivity contribution in [3.05, 3.63) is 45.6 Å². The molecule has 1 amide bonds. The molecular weight excluding hydrogens is 313 g/mol. The first-order valence-corrected chi connectivity index (χ1v) is 7.16. The van der Waals surface area contributed by atoms with E-state index in [1.165, 1.54) is 0 Å². The Labute approximate surface area is 129 Å². The number of aryl methyl sites for hydroxylation is 2. The van der Waals surface area contributed by atoms with Crippen LogP contribution in [-0.2, 0) is 4.79 Å². The van der Waals surface area contributed by atoms with Gasteiger partial charge in [-0.25, -0.2) is 9.37 Å². The standard InChI is InChI=1S/C13H12FN3O4S/c1-7-8(2)21-13(15-7)22-6-12(18)16-11-5-9(17(19)20)3-4-10(11)14/h3-5H,6H2,1-2H3,(H,16,18). The highest BCUT2D eigenvalue weighted by atomic mass is 32.2. The summed E-state index contributed by atoms with van der Waals surface area (Å²) in [6, 6.07) is 2.93. The van der Waals surface area contributed by atoms with Gasteiger partial charge in [0.25, 0.3) is 10.9 Å². The molecule has 0 fully saturated rings. The van der Waals surface area contributed by atoms with E-state index in [0.717, 1.165) is 35.7 Å². The van der Waals surface area contributed by atoms with Gasteiger partial charge < -0.3 is 9.73 Å². The van der Waals surface area contributed by atoms with Crippen molar-refractivity contribution in [1.82, 2.24) is 4.98 Å². The predicted octanol–water partition coefficient (Wildman–Crippen LogP) is 3.07. The van der Waals surface area contributed by atoms with Gasteiger partial charge in [-0.15, -0.1) is 0 Å². The van der Waals surface area contributed by atoms with Gasteiger partial charge in [-0.3, -0.25) is 14.9 Å². The first-order chi connectivity index (χ1) is 10.4. The zero-order chi connectivity index (χ0) is 16.3. The van der Waals surface area contributed by atoms with Crippen molar-refractivity contribution in [2.75, 3.05) is 11.1 Å². The Morgan fingerprint density at radius 2 is 2.23 bits per heavy atom. The minimum Gasteiger partial charge on any atom is -0.437 e. The van der Waals surface area contributed by atoms with E-state index >= 15 is 0 Å². The maximum Gasteiger partial charge on any atom is 0.271 e. The average Bonchev–Trinajstić information content (AvgIpc) is 2.78. The smallest absolute Gasteiger partial charge is 0.271 e. The van der Waals surface area contributed by atoms with Crippen molar-refractivity contribution in [2.45, 2.75) is 19.1 Å². The van der Waals surface area contributed by atoms with E-state index in [9.17, 15) is 19.3 Å². The van der Waals surface area contributed by atoms with E-state index in [1.807, 2.05) is 0 Å². The van der Waals surface area contributed by atoms with E-state index in [1.54, 1.807) is 13.8 Å². The molecule has 0 aliphatic rings. The van der Waals surface area contributed by atoms with Crippen LogP contribution in [-0.4, -0.2) is 21.6 Å². The number of benzene rings is 1. The van der Waals surface area contributed by atoms with Crippen molar-refractivity contribution in [3.63, 3.8) is 0 Å². The number of aromatic nitrogens is 1. The summed E-state index contributed by atoms with van der Waals surface area (Å²) in [5.41, 5.74) is 0.190. The Balaban J connectivity index is 2.00. The van der Waals surface area contributed by atoms with Gasteiger partial charge in [0.1, 0.15) is 11.6 Å². The lowest BCUT2D eigenvalue weighted by Crippen LogP contribution is -2.15. The fraction of sp³-hybridized carbons (Fsp3) is 0.231. The number of hydrogen-bond donors (Lipinski definition) is 1. The van der Waals surface area contributed by atoms with Gasteiger partial charge in [-0.2, -0.15) is 0 Å². The van der Waals surface area contributed by atoms with Crippen LogP contribution in [0.4, 0.5) is 15.8 Å². The number of non-ortho nitro benzene ring substituents is 1. The molecule has 0 atom stereocenters. The minimum absolute atomic E-state index is 0.0540. The number of nitro benzene ring substituents is 1. The van der Waals surface area contributed by atoms with Gasteiger partial charge in [0, 0.05) is 12.1 Å². The highest BCUT2D eigenvalue weighted by Gasteiger charge is 2.14. The van der Waals surface area contributed by atoms with Crippen LogP contribution in [0.3, 0.4) is 0 Å². The third-order valence-corrected chi connectivity index (χ3v) is 3.60. The van der Waals surface area contributed by atoms with Gasteiger partial charge in [0.05, 0.1) is 22.1 Å². The van der Waals surface area contributed by atoms with Crippen molar-refractivity contribution in [1.29, 1.82) is 0 Å². The molecule has 7 nitrogen and oxygen atoms in total. The van der Waals surface area contributed by atoms with E-state index in [4.69, 9.17) is 4.42 Å². The topological polar surface area (TPSA) is 98.3 Å². The predicted molar refractivity (Wildman–Crippen MR) is 78.4 cm³/mol. The fourth-order valence-electron chi connectivity index (χ4n) is 1.54. The molecule has 9 heteroatoms. The lowest BCUT2D eigenvalue weighted by Gasteiger charge is -2.05. The Kier molecular flexibility index (Phi) is 4.76. The third-order valence-electron chi connectivity index (χ3n) is 2.77. The molecule has 0 unspecified atom stereocenters. The average molecular weight is 325 g/mol. The van der Waals surface area contributed by atoms with Gasteiger partial charge >= 0.3 is 0 Å². The number of anilines is 1. The summed E-state index contributed by atoms with van der Waals surface area (Å²) in [5, 5.41) is 13.3. The van der Waals surface area contributed by atoms with Gasteiger partial charge in [-0.05, 0) is 19.9 Å². The number of hydrogen-bond acceptors (Lipinski definition) is 6. The number of nitrogens with zero attached hydrogens (tertiary/aromatic N) is 2. The number of oxazole rings is 1. The molecule has 1 aromatic heterocycles. The quantitative estimate of drug-likeness (QED) is 0.515. The number of nitrogens with one attached hydrogen (secondary N) is 1. The first kappa shape index (κ1) is 16.0. The summed E-state index contributed by atoms with van der Waals surface area (Å²) in [6.07, 6.45) is 0. The Bertz CT molecular complexity index is 713. The molecule has 1 aromatic carbocycles. The number of carbonyl (C=O) groups excluding carboxylic acids is 1.